The molecule has 0 saturated heterocycles. The lowest BCUT2D eigenvalue weighted by Crippen LogP contribution is -2.42. The Kier molecular flexibility index (Phi) is 6.33. The van der Waals surface area contributed by atoms with E-state index in [1.165, 1.54) is 0 Å². The molecule has 0 saturated carbocycles. The van der Waals surface area contributed by atoms with Gasteiger partial charge in [-0.3, -0.25) is 20.4 Å². The molecule has 2 rings (SSSR count). The zero-order chi connectivity index (χ0) is 17.4. The van der Waals surface area contributed by atoms with Gasteiger partial charge in [0, 0.05) is 12.7 Å². The maximum atomic E-state index is 12.0. The topological polar surface area (TPSA) is 76.7 Å². The van der Waals surface area contributed by atoms with Gasteiger partial charge in [0.15, 0.2) is 0 Å². The molecule has 0 radical (unpaired) electrons. The predicted octanol–water partition coefficient (Wildman–Crippen LogP) is 1.85. The van der Waals surface area contributed by atoms with E-state index in [1.807, 2.05) is 0 Å². The van der Waals surface area contributed by atoms with Gasteiger partial charge in [-0.2, -0.15) is 0 Å². The van der Waals surface area contributed by atoms with Crippen molar-refractivity contribution in [2.75, 3.05) is 14.2 Å². The third kappa shape index (κ3) is 5.10. The van der Waals surface area contributed by atoms with E-state index >= 15 is 0 Å². The van der Waals surface area contributed by atoms with Crippen LogP contribution in [0.15, 0.2) is 48.5 Å². The maximum absolute atomic E-state index is 12.0. The molecule has 0 unspecified atom stereocenters. The Labute approximate surface area is 140 Å². The fraction of sp³-hybridized carbons (Fsp3) is 0.222. The van der Waals surface area contributed by atoms with Crippen molar-refractivity contribution >= 4 is 11.8 Å². The van der Waals surface area contributed by atoms with Crippen molar-refractivity contribution < 1.29 is 19.1 Å². The normalized spacial score (nSPS) is 10.1. The van der Waals surface area contributed by atoms with Crippen LogP contribution in [-0.2, 0) is 22.6 Å². The largest absolute Gasteiger partial charge is 0.497 e. The molecule has 6 nitrogen and oxygen atoms in total. The van der Waals surface area contributed by atoms with Crippen molar-refractivity contribution in [1.29, 1.82) is 0 Å². The highest BCUT2D eigenvalue weighted by Crippen LogP contribution is 2.11. The van der Waals surface area contributed by atoms with Crippen molar-refractivity contribution in [3.05, 3.63) is 65.2 Å². The Morgan fingerprint density at radius 1 is 0.875 bits per heavy atom. The molecular formula is C18H20N2O4. The minimum Gasteiger partial charge on any atom is -0.497 e. The van der Waals surface area contributed by atoms with E-state index in [2.05, 4.69) is 10.9 Å². The fourth-order valence-corrected chi connectivity index (χ4v) is 2.09. The van der Waals surface area contributed by atoms with Crippen LogP contribution >= 0.6 is 0 Å². The van der Waals surface area contributed by atoms with Crippen LogP contribution in [0, 0.1) is 0 Å². The minimum absolute atomic E-state index is 0.164. The van der Waals surface area contributed by atoms with Crippen LogP contribution < -0.4 is 15.6 Å². The average molecular weight is 328 g/mol. The number of rotatable bonds is 6. The molecule has 0 aliphatic heterocycles. The monoisotopic (exact) mass is 328 g/mol. The van der Waals surface area contributed by atoms with Crippen molar-refractivity contribution in [1.82, 2.24) is 10.9 Å². The zero-order valence-electron chi connectivity index (χ0n) is 13.7. The molecule has 0 atom stereocenters. The smallest absolute Gasteiger partial charge is 0.269 e. The van der Waals surface area contributed by atoms with Gasteiger partial charge >= 0.3 is 0 Å². The van der Waals surface area contributed by atoms with E-state index in [0.29, 0.717) is 12.2 Å². The molecular weight excluding hydrogens is 308 g/mol. The number of carbonyl (C=O) groups is 2. The maximum Gasteiger partial charge on any atom is 0.269 e. The number of hydrogen-bond acceptors (Lipinski definition) is 4. The first-order chi connectivity index (χ1) is 11.6. The van der Waals surface area contributed by atoms with Gasteiger partial charge in [0.2, 0.25) is 5.91 Å². The fourth-order valence-electron chi connectivity index (χ4n) is 2.09. The van der Waals surface area contributed by atoms with Crippen LogP contribution in [0.1, 0.15) is 21.5 Å². The average Bonchev–Trinajstić information content (AvgIpc) is 2.61. The molecule has 0 spiro atoms. The van der Waals surface area contributed by atoms with Crippen LogP contribution in [0.5, 0.6) is 5.75 Å². The van der Waals surface area contributed by atoms with Crippen molar-refractivity contribution in [2.45, 2.75) is 13.0 Å². The quantitative estimate of drug-likeness (QED) is 0.794. The number of hydrazine groups is 1. The summed E-state index contributed by atoms with van der Waals surface area (Å²) in [6, 6.07) is 14.1. The van der Waals surface area contributed by atoms with E-state index in [1.54, 1.807) is 62.8 Å². The molecule has 24 heavy (non-hydrogen) atoms. The summed E-state index contributed by atoms with van der Waals surface area (Å²) in [5.41, 5.74) is 7.06. The van der Waals surface area contributed by atoms with E-state index < -0.39 is 0 Å². The summed E-state index contributed by atoms with van der Waals surface area (Å²) in [6.45, 7) is 0.487. The number of hydrogen-bond donors (Lipinski definition) is 2. The zero-order valence-corrected chi connectivity index (χ0v) is 13.7. The summed E-state index contributed by atoms with van der Waals surface area (Å²) < 4.78 is 10.1. The van der Waals surface area contributed by atoms with Crippen molar-refractivity contribution in [2.24, 2.45) is 0 Å². The van der Waals surface area contributed by atoms with Gasteiger partial charge in [0.05, 0.1) is 20.1 Å². The second-order valence-electron chi connectivity index (χ2n) is 5.16. The van der Waals surface area contributed by atoms with Gasteiger partial charge < -0.3 is 9.47 Å². The number of benzene rings is 2. The van der Waals surface area contributed by atoms with Gasteiger partial charge in [-0.1, -0.05) is 24.3 Å². The molecule has 2 amide bonds. The second-order valence-corrected chi connectivity index (χ2v) is 5.16. The van der Waals surface area contributed by atoms with E-state index in [9.17, 15) is 9.59 Å². The number of nitrogens with one attached hydrogen (secondary N) is 2. The van der Waals surface area contributed by atoms with Gasteiger partial charge in [0.25, 0.3) is 5.91 Å². The number of ether oxygens (including phenoxy) is 2. The lowest BCUT2D eigenvalue weighted by Gasteiger charge is -2.08. The van der Waals surface area contributed by atoms with Crippen molar-refractivity contribution in [3.8, 4) is 5.75 Å². The Morgan fingerprint density at radius 2 is 1.50 bits per heavy atom. The first-order valence-electron chi connectivity index (χ1n) is 7.42. The highest BCUT2D eigenvalue weighted by atomic mass is 16.5. The summed E-state index contributed by atoms with van der Waals surface area (Å²) in [6.07, 6.45) is 0.164. The predicted molar refractivity (Wildman–Crippen MR) is 89.5 cm³/mol. The molecule has 0 aliphatic rings. The molecule has 0 aromatic heterocycles. The van der Waals surface area contributed by atoms with Crippen LogP contribution in [0.3, 0.4) is 0 Å². The van der Waals surface area contributed by atoms with E-state index in [-0.39, 0.29) is 18.2 Å². The SMILES string of the molecule is COCc1ccc(C(=O)NNC(=O)Cc2ccc(OC)cc2)cc1. The number of methoxy groups -OCH3 is 2. The lowest BCUT2D eigenvalue weighted by atomic mass is 10.1. The molecule has 0 bridgehead atoms. The standard InChI is InChI=1S/C18H20N2O4/c1-23-12-14-3-7-15(8-4-14)18(22)20-19-17(21)11-13-5-9-16(24-2)10-6-13/h3-10H,11-12H2,1-2H3,(H,19,21)(H,20,22). The van der Waals surface area contributed by atoms with E-state index in [4.69, 9.17) is 9.47 Å². The summed E-state index contributed by atoms with van der Waals surface area (Å²) in [4.78, 5) is 23.8. The van der Waals surface area contributed by atoms with Gasteiger partial charge in [-0.15, -0.1) is 0 Å². The molecule has 126 valence electrons. The van der Waals surface area contributed by atoms with Crippen LogP contribution in [0.2, 0.25) is 0 Å². The Bertz CT molecular complexity index is 681. The molecule has 2 aromatic rings. The van der Waals surface area contributed by atoms with Gasteiger partial charge in [0.1, 0.15) is 5.75 Å². The third-order valence-electron chi connectivity index (χ3n) is 3.37. The van der Waals surface area contributed by atoms with Gasteiger partial charge in [-0.05, 0) is 35.4 Å². The second kappa shape index (κ2) is 8.69. The summed E-state index contributed by atoms with van der Waals surface area (Å²) in [5.74, 6) is 0.0518. The summed E-state index contributed by atoms with van der Waals surface area (Å²) in [5, 5.41) is 0. The molecule has 0 fully saturated rings. The minimum atomic E-state index is -0.373. The van der Waals surface area contributed by atoms with Gasteiger partial charge in [-0.25, -0.2) is 0 Å². The van der Waals surface area contributed by atoms with Crippen LogP contribution in [0.4, 0.5) is 0 Å². The number of amides is 2. The molecule has 0 heterocycles. The lowest BCUT2D eigenvalue weighted by molar-refractivity contribution is -0.121. The highest BCUT2D eigenvalue weighted by molar-refractivity contribution is 5.95. The summed E-state index contributed by atoms with van der Waals surface area (Å²) >= 11 is 0. The third-order valence-corrected chi connectivity index (χ3v) is 3.37. The Balaban J connectivity index is 1.82. The first-order valence-corrected chi connectivity index (χ1v) is 7.42. The first kappa shape index (κ1) is 17.5. The number of carbonyl (C=O) groups excluding carboxylic acids is 2. The Hall–Kier alpha value is -2.86. The molecule has 6 heteroatoms. The van der Waals surface area contributed by atoms with Crippen molar-refractivity contribution in [3.63, 3.8) is 0 Å². The summed E-state index contributed by atoms with van der Waals surface area (Å²) in [7, 11) is 3.19. The van der Waals surface area contributed by atoms with Crippen LogP contribution in [0.25, 0.3) is 0 Å². The highest BCUT2D eigenvalue weighted by Gasteiger charge is 2.08. The molecule has 2 N–H and O–H groups in total. The molecule has 2 aromatic carbocycles. The van der Waals surface area contributed by atoms with E-state index in [0.717, 1.165) is 16.9 Å². The Morgan fingerprint density at radius 3 is 2.08 bits per heavy atom. The molecule has 0 aliphatic carbocycles. The van der Waals surface area contributed by atoms with Crippen LogP contribution in [-0.4, -0.2) is 26.0 Å².